The van der Waals surface area contributed by atoms with Gasteiger partial charge in [-0.3, -0.25) is 19.7 Å². The van der Waals surface area contributed by atoms with E-state index in [1.807, 2.05) is 31.4 Å². The van der Waals surface area contributed by atoms with E-state index >= 15 is 0 Å². The lowest BCUT2D eigenvalue weighted by Crippen LogP contribution is -2.47. The molecule has 2 heterocycles. The summed E-state index contributed by atoms with van der Waals surface area (Å²) in [5, 5.41) is 14.0. The van der Waals surface area contributed by atoms with Gasteiger partial charge in [0.15, 0.2) is 0 Å². The predicted octanol–water partition coefficient (Wildman–Crippen LogP) is 6.24. The van der Waals surface area contributed by atoms with Gasteiger partial charge in [0.1, 0.15) is 6.54 Å². The number of nitro groups is 1. The normalized spacial score (nSPS) is 15.0. The van der Waals surface area contributed by atoms with Gasteiger partial charge in [0.25, 0.3) is 11.6 Å². The largest absolute Gasteiger partial charge is 0.330 e. The summed E-state index contributed by atoms with van der Waals surface area (Å²) in [4.78, 5) is 42.0. The van der Waals surface area contributed by atoms with Crippen molar-refractivity contribution < 1.29 is 14.5 Å². The minimum Gasteiger partial charge on any atom is -0.330 e. The van der Waals surface area contributed by atoms with Crippen molar-refractivity contribution in [3.63, 3.8) is 0 Å². The van der Waals surface area contributed by atoms with Crippen molar-refractivity contribution in [1.29, 1.82) is 0 Å². The van der Waals surface area contributed by atoms with Crippen LogP contribution in [0, 0.1) is 16.0 Å². The number of nitrogens with zero attached hydrogens (tertiary/aromatic N) is 3. The Morgan fingerprint density at radius 2 is 1.86 bits per heavy atom. The molecule has 0 N–H and O–H groups in total. The molecule has 7 nitrogen and oxygen atoms in total. The Morgan fingerprint density at radius 3 is 2.50 bits per heavy atom. The molecule has 0 aliphatic carbocycles. The van der Waals surface area contributed by atoms with E-state index in [2.05, 4.69) is 0 Å². The average molecular weight is 546 g/mol. The summed E-state index contributed by atoms with van der Waals surface area (Å²) >= 11 is 14.4. The number of non-ortho nitro benzene ring substituents is 1. The number of thiophene rings is 1. The van der Waals surface area contributed by atoms with Crippen LogP contribution >= 0.6 is 34.5 Å². The first-order valence-electron chi connectivity index (χ1n) is 11.5. The quantitative estimate of drug-likeness (QED) is 0.260. The van der Waals surface area contributed by atoms with Crippen LogP contribution in [0.4, 0.5) is 5.69 Å². The fourth-order valence-electron chi connectivity index (χ4n) is 4.47. The highest BCUT2D eigenvalue weighted by atomic mass is 35.5. The summed E-state index contributed by atoms with van der Waals surface area (Å²) in [6, 6.07) is 12.3. The van der Waals surface area contributed by atoms with Crippen LogP contribution in [0.3, 0.4) is 0 Å². The van der Waals surface area contributed by atoms with Crippen LogP contribution < -0.4 is 0 Å². The number of carbonyl (C=O) groups excluding carboxylic acids is 2. The first kappa shape index (κ1) is 26.1. The lowest BCUT2D eigenvalue weighted by molar-refractivity contribution is -0.384. The van der Waals surface area contributed by atoms with Gasteiger partial charge in [-0.2, -0.15) is 0 Å². The molecule has 1 aliphatic rings. The number of fused-ring (bicyclic) bond motifs is 1. The zero-order valence-corrected chi connectivity index (χ0v) is 22.1. The summed E-state index contributed by atoms with van der Waals surface area (Å²) < 4.78 is 0. The van der Waals surface area contributed by atoms with Crippen LogP contribution in [0.15, 0.2) is 53.9 Å². The molecule has 188 valence electrons. The van der Waals surface area contributed by atoms with Crippen molar-refractivity contribution >= 4 is 52.0 Å². The molecule has 0 bridgehead atoms. The minimum absolute atomic E-state index is 0.0967. The highest BCUT2D eigenvalue weighted by Gasteiger charge is 2.35. The highest BCUT2D eigenvalue weighted by molar-refractivity contribution is 7.10. The molecule has 0 spiro atoms. The van der Waals surface area contributed by atoms with E-state index in [0.29, 0.717) is 28.7 Å². The fraction of sp³-hybridized carbons (Fsp3) is 0.308. The third kappa shape index (κ3) is 5.56. The summed E-state index contributed by atoms with van der Waals surface area (Å²) in [5.74, 6) is -0.425. The Kier molecular flexibility index (Phi) is 7.97. The molecular formula is C26H25Cl2N3O4S. The van der Waals surface area contributed by atoms with Gasteiger partial charge in [-0.1, -0.05) is 43.1 Å². The molecule has 0 saturated carbocycles. The van der Waals surface area contributed by atoms with E-state index in [9.17, 15) is 19.7 Å². The first-order chi connectivity index (χ1) is 17.2. The van der Waals surface area contributed by atoms with E-state index in [4.69, 9.17) is 23.2 Å². The van der Waals surface area contributed by atoms with Gasteiger partial charge in [-0.15, -0.1) is 11.3 Å². The van der Waals surface area contributed by atoms with E-state index in [-0.39, 0.29) is 36.0 Å². The standard InChI is InChI=1S/C26H25Cl2N3O4S/c1-16(2)14-29(26(33)17-3-6-19(7-4-17)31(34)35)15-24(32)30-11-9-23-21(10-12-36-23)25(30)20-8-5-18(27)13-22(20)28/h3-8,10,12-13,16,25H,9,11,14-15H2,1-2H3/t25-/m0/s1. The fourth-order valence-corrected chi connectivity index (χ4v) is 5.88. The Bertz CT molecular complexity index is 1290. The molecule has 0 fully saturated rings. The first-order valence-corrected chi connectivity index (χ1v) is 13.1. The topological polar surface area (TPSA) is 83.8 Å². The lowest BCUT2D eigenvalue weighted by Gasteiger charge is -2.38. The van der Waals surface area contributed by atoms with Gasteiger partial charge in [-0.05, 0) is 59.2 Å². The van der Waals surface area contributed by atoms with Crippen LogP contribution in [0.1, 0.15) is 46.3 Å². The second-order valence-electron chi connectivity index (χ2n) is 9.09. The number of benzene rings is 2. The number of carbonyl (C=O) groups is 2. The SMILES string of the molecule is CC(C)CN(CC(=O)N1CCc2sccc2[C@@H]1c1ccc(Cl)cc1Cl)C(=O)c1ccc([N+](=O)[O-])cc1. The maximum absolute atomic E-state index is 13.7. The van der Waals surface area contributed by atoms with Crippen molar-refractivity contribution in [2.45, 2.75) is 26.3 Å². The second-order valence-corrected chi connectivity index (χ2v) is 10.9. The van der Waals surface area contributed by atoms with Crippen molar-refractivity contribution in [2.75, 3.05) is 19.6 Å². The Morgan fingerprint density at radius 1 is 1.14 bits per heavy atom. The van der Waals surface area contributed by atoms with Crippen molar-refractivity contribution in [3.05, 3.63) is 95.6 Å². The Hall–Kier alpha value is -2.94. The molecule has 1 atom stereocenters. The van der Waals surface area contributed by atoms with Crippen LogP contribution in [0.25, 0.3) is 0 Å². The van der Waals surface area contributed by atoms with Gasteiger partial charge < -0.3 is 9.80 Å². The summed E-state index contributed by atoms with van der Waals surface area (Å²) in [7, 11) is 0. The maximum atomic E-state index is 13.7. The minimum atomic E-state index is -0.513. The molecule has 1 aliphatic heterocycles. The van der Waals surface area contributed by atoms with Gasteiger partial charge >= 0.3 is 0 Å². The molecule has 3 aromatic rings. The van der Waals surface area contributed by atoms with Crippen LogP contribution in [0.2, 0.25) is 10.0 Å². The van der Waals surface area contributed by atoms with Gasteiger partial charge in [-0.25, -0.2) is 0 Å². The monoisotopic (exact) mass is 545 g/mol. The van der Waals surface area contributed by atoms with Crippen LogP contribution in [-0.4, -0.2) is 46.2 Å². The van der Waals surface area contributed by atoms with E-state index < -0.39 is 4.92 Å². The molecule has 2 aromatic carbocycles. The molecule has 1 aromatic heterocycles. The van der Waals surface area contributed by atoms with Gasteiger partial charge in [0.05, 0.1) is 11.0 Å². The average Bonchev–Trinajstić information content (AvgIpc) is 3.31. The zero-order chi connectivity index (χ0) is 26.0. The summed E-state index contributed by atoms with van der Waals surface area (Å²) in [5.41, 5.74) is 2.01. The number of halogens is 2. The molecule has 2 amide bonds. The van der Waals surface area contributed by atoms with Gasteiger partial charge in [0, 0.05) is 45.7 Å². The van der Waals surface area contributed by atoms with E-state index in [1.54, 1.807) is 28.4 Å². The third-order valence-corrected chi connectivity index (χ3v) is 7.63. The van der Waals surface area contributed by atoms with Crippen LogP contribution in [-0.2, 0) is 11.2 Å². The molecule has 0 radical (unpaired) electrons. The Balaban J connectivity index is 1.63. The van der Waals surface area contributed by atoms with E-state index in [1.165, 1.54) is 34.0 Å². The molecule has 0 unspecified atom stereocenters. The van der Waals surface area contributed by atoms with Gasteiger partial charge in [0.2, 0.25) is 5.91 Å². The van der Waals surface area contributed by atoms with Crippen molar-refractivity contribution in [2.24, 2.45) is 5.92 Å². The number of rotatable bonds is 7. The third-order valence-electron chi connectivity index (χ3n) is 6.07. The highest BCUT2D eigenvalue weighted by Crippen LogP contribution is 2.41. The van der Waals surface area contributed by atoms with Crippen molar-refractivity contribution in [1.82, 2.24) is 9.80 Å². The molecular weight excluding hydrogens is 521 g/mol. The maximum Gasteiger partial charge on any atom is 0.269 e. The summed E-state index contributed by atoms with van der Waals surface area (Å²) in [6.45, 7) is 4.68. The van der Waals surface area contributed by atoms with Crippen LogP contribution in [0.5, 0.6) is 0 Å². The van der Waals surface area contributed by atoms with Crippen molar-refractivity contribution in [3.8, 4) is 0 Å². The molecule has 10 heteroatoms. The number of amides is 2. The zero-order valence-electron chi connectivity index (χ0n) is 19.8. The molecule has 36 heavy (non-hydrogen) atoms. The molecule has 4 rings (SSSR count). The summed E-state index contributed by atoms with van der Waals surface area (Å²) in [6.07, 6.45) is 0.723. The van der Waals surface area contributed by atoms with E-state index in [0.717, 1.165) is 17.5 Å². The smallest absolute Gasteiger partial charge is 0.269 e. The number of hydrogen-bond acceptors (Lipinski definition) is 5. The molecule has 0 saturated heterocycles. The number of hydrogen-bond donors (Lipinski definition) is 0. The lowest BCUT2D eigenvalue weighted by atomic mass is 9.93. The number of nitro benzene ring substituents is 1. The second kappa shape index (κ2) is 11.0. The Labute approximate surface area is 223 Å². The predicted molar refractivity (Wildman–Crippen MR) is 142 cm³/mol.